The minimum Gasteiger partial charge on any atom is -0.321 e. The lowest BCUT2D eigenvalue weighted by Gasteiger charge is -2.11. The molecule has 0 saturated carbocycles. The first-order valence-electron chi connectivity index (χ1n) is 6.50. The second-order valence-electron chi connectivity index (χ2n) is 4.88. The summed E-state index contributed by atoms with van der Waals surface area (Å²) in [6.07, 6.45) is 5.47. The van der Waals surface area contributed by atoms with E-state index in [9.17, 15) is 9.18 Å². The Morgan fingerprint density at radius 1 is 1.19 bits per heavy atom. The summed E-state index contributed by atoms with van der Waals surface area (Å²) in [7, 11) is 0. The highest BCUT2D eigenvalue weighted by Gasteiger charge is 2.16. The Labute approximate surface area is 121 Å². The van der Waals surface area contributed by atoms with Crippen molar-refractivity contribution in [2.45, 2.75) is 6.92 Å². The van der Waals surface area contributed by atoms with Crippen molar-refractivity contribution in [2.24, 2.45) is 0 Å². The van der Waals surface area contributed by atoms with Gasteiger partial charge in [0.15, 0.2) is 0 Å². The molecule has 1 heterocycles. The molecule has 102 valence electrons. The fourth-order valence-electron chi connectivity index (χ4n) is 2.48. The average molecular weight is 277 g/mol. The van der Waals surface area contributed by atoms with E-state index >= 15 is 0 Å². The predicted molar refractivity (Wildman–Crippen MR) is 82.6 cm³/mol. The van der Waals surface area contributed by atoms with Crippen molar-refractivity contribution in [3.8, 4) is 23.5 Å². The molecular formula is C18H12FNO. The number of terminal acetylenes is 1. The smallest absolute Gasteiger partial charge is 0.264 e. The molecule has 1 N–H and O–H groups in total. The molecule has 1 aromatic heterocycles. The number of hydrogen-bond acceptors (Lipinski definition) is 1. The van der Waals surface area contributed by atoms with Gasteiger partial charge in [0.05, 0.1) is 5.56 Å². The molecule has 0 amide bonds. The summed E-state index contributed by atoms with van der Waals surface area (Å²) in [5.74, 6) is 2.00. The molecule has 3 heteroatoms. The van der Waals surface area contributed by atoms with Crippen molar-refractivity contribution in [3.63, 3.8) is 0 Å². The van der Waals surface area contributed by atoms with Crippen molar-refractivity contribution in [2.75, 3.05) is 0 Å². The molecule has 0 fully saturated rings. The number of H-pyrrole nitrogens is 1. The van der Waals surface area contributed by atoms with Gasteiger partial charge >= 0.3 is 0 Å². The van der Waals surface area contributed by atoms with Gasteiger partial charge in [-0.15, -0.1) is 6.42 Å². The highest BCUT2D eigenvalue weighted by atomic mass is 19.1. The highest BCUT2D eigenvalue weighted by molar-refractivity contribution is 5.97. The third kappa shape index (κ3) is 2.11. The van der Waals surface area contributed by atoms with E-state index in [0.717, 1.165) is 10.9 Å². The summed E-state index contributed by atoms with van der Waals surface area (Å²) in [5, 5.41) is 0.729. The number of hydrogen-bond donors (Lipinski definition) is 1. The summed E-state index contributed by atoms with van der Waals surface area (Å²) in [4.78, 5) is 14.8. The fourth-order valence-corrected chi connectivity index (χ4v) is 2.48. The Hall–Kier alpha value is -2.86. The molecule has 2 aromatic carbocycles. The number of rotatable bonds is 1. The number of fused-ring (bicyclic) bond motifs is 1. The van der Waals surface area contributed by atoms with Crippen LogP contribution in [0.1, 0.15) is 11.1 Å². The molecule has 0 unspecified atom stereocenters. The Morgan fingerprint density at radius 3 is 2.67 bits per heavy atom. The SMILES string of the molecule is C#Cc1c(-c2ccc(C)cc2F)c2ccccc2[nH]c1=O. The predicted octanol–water partition coefficient (Wildman–Crippen LogP) is 3.62. The van der Waals surface area contributed by atoms with Crippen LogP contribution in [0.15, 0.2) is 47.3 Å². The number of para-hydroxylation sites is 1. The van der Waals surface area contributed by atoms with Crippen LogP contribution in [0.25, 0.3) is 22.0 Å². The van der Waals surface area contributed by atoms with E-state index < -0.39 is 0 Å². The second-order valence-corrected chi connectivity index (χ2v) is 4.88. The maximum atomic E-state index is 14.3. The maximum Gasteiger partial charge on any atom is 0.264 e. The molecule has 0 aliphatic carbocycles. The van der Waals surface area contributed by atoms with Crippen LogP contribution in [0.3, 0.4) is 0 Å². The van der Waals surface area contributed by atoms with Gasteiger partial charge in [-0.3, -0.25) is 4.79 Å². The Kier molecular flexibility index (Phi) is 3.08. The third-order valence-corrected chi connectivity index (χ3v) is 3.46. The van der Waals surface area contributed by atoms with Crippen molar-refractivity contribution < 1.29 is 4.39 Å². The van der Waals surface area contributed by atoms with E-state index in [0.29, 0.717) is 16.6 Å². The van der Waals surface area contributed by atoms with Crippen molar-refractivity contribution in [3.05, 3.63) is 69.8 Å². The van der Waals surface area contributed by atoms with Crippen LogP contribution in [0.2, 0.25) is 0 Å². The van der Waals surface area contributed by atoms with Gasteiger partial charge in [0.1, 0.15) is 5.82 Å². The zero-order chi connectivity index (χ0) is 15.0. The summed E-state index contributed by atoms with van der Waals surface area (Å²) in [5.41, 5.74) is 2.02. The molecule has 0 radical (unpaired) electrons. The van der Waals surface area contributed by atoms with E-state index in [4.69, 9.17) is 6.42 Å². The second kappa shape index (κ2) is 4.92. The lowest BCUT2D eigenvalue weighted by atomic mass is 9.95. The van der Waals surface area contributed by atoms with Gasteiger partial charge in [0.25, 0.3) is 5.56 Å². The van der Waals surface area contributed by atoms with E-state index in [1.165, 1.54) is 6.07 Å². The summed E-state index contributed by atoms with van der Waals surface area (Å²) < 4.78 is 14.3. The number of pyridine rings is 1. The monoisotopic (exact) mass is 277 g/mol. The van der Waals surface area contributed by atoms with Crippen LogP contribution >= 0.6 is 0 Å². The van der Waals surface area contributed by atoms with Crippen LogP contribution in [0.5, 0.6) is 0 Å². The molecule has 0 aliphatic heterocycles. The van der Waals surface area contributed by atoms with E-state index in [1.807, 2.05) is 25.1 Å². The molecule has 0 spiro atoms. The zero-order valence-electron chi connectivity index (χ0n) is 11.4. The molecule has 0 aliphatic rings. The van der Waals surface area contributed by atoms with Crippen molar-refractivity contribution in [1.82, 2.24) is 4.98 Å². The third-order valence-electron chi connectivity index (χ3n) is 3.46. The minimum absolute atomic E-state index is 0.149. The summed E-state index contributed by atoms with van der Waals surface area (Å²) in [6, 6.07) is 12.1. The Morgan fingerprint density at radius 2 is 1.95 bits per heavy atom. The standard InChI is InChI=1S/C18H12FNO/c1-3-12-17(13-9-8-11(2)10-15(13)19)14-6-4-5-7-16(14)20-18(12)21/h1,4-10H,2H3,(H,20,21). The number of aryl methyl sites for hydroxylation is 1. The Bertz CT molecular complexity index is 948. The van der Waals surface area contributed by atoms with Crippen LogP contribution < -0.4 is 5.56 Å². The molecule has 3 aromatic rings. The Balaban J connectivity index is 2.51. The van der Waals surface area contributed by atoms with Gasteiger partial charge in [-0.05, 0) is 24.6 Å². The van der Waals surface area contributed by atoms with Crippen molar-refractivity contribution >= 4 is 10.9 Å². The summed E-state index contributed by atoms with van der Waals surface area (Å²) in [6.45, 7) is 1.81. The van der Waals surface area contributed by atoms with Gasteiger partial charge in [0.2, 0.25) is 0 Å². The van der Waals surface area contributed by atoms with Crippen LogP contribution in [0.4, 0.5) is 4.39 Å². The van der Waals surface area contributed by atoms with E-state index in [1.54, 1.807) is 18.2 Å². The number of halogens is 1. The average Bonchev–Trinajstić information content (AvgIpc) is 2.46. The zero-order valence-corrected chi connectivity index (χ0v) is 11.4. The lowest BCUT2D eigenvalue weighted by Crippen LogP contribution is -2.12. The lowest BCUT2D eigenvalue weighted by molar-refractivity contribution is 0.630. The molecular weight excluding hydrogens is 265 g/mol. The molecule has 0 atom stereocenters. The van der Waals surface area contributed by atoms with Gasteiger partial charge in [0, 0.05) is 22.0 Å². The molecule has 2 nitrogen and oxygen atoms in total. The molecule has 0 bridgehead atoms. The normalized spacial score (nSPS) is 10.5. The highest BCUT2D eigenvalue weighted by Crippen LogP contribution is 2.31. The number of aromatic amines is 1. The fraction of sp³-hybridized carbons (Fsp3) is 0.0556. The van der Waals surface area contributed by atoms with Crippen LogP contribution in [-0.4, -0.2) is 4.98 Å². The van der Waals surface area contributed by atoms with Crippen molar-refractivity contribution in [1.29, 1.82) is 0 Å². The van der Waals surface area contributed by atoms with Gasteiger partial charge in [-0.2, -0.15) is 0 Å². The molecule has 3 rings (SSSR count). The summed E-state index contributed by atoms with van der Waals surface area (Å²) >= 11 is 0. The first-order valence-corrected chi connectivity index (χ1v) is 6.50. The molecule has 0 saturated heterocycles. The van der Waals surface area contributed by atoms with E-state index in [2.05, 4.69) is 10.9 Å². The van der Waals surface area contributed by atoms with Gasteiger partial charge in [-0.1, -0.05) is 36.3 Å². The van der Waals surface area contributed by atoms with Crippen LogP contribution in [0, 0.1) is 25.1 Å². The number of nitrogens with one attached hydrogen (secondary N) is 1. The molecule has 21 heavy (non-hydrogen) atoms. The number of aromatic nitrogens is 1. The van der Waals surface area contributed by atoms with Gasteiger partial charge < -0.3 is 4.98 Å². The van der Waals surface area contributed by atoms with Gasteiger partial charge in [-0.25, -0.2) is 4.39 Å². The topological polar surface area (TPSA) is 32.9 Å². The number of benzene rings is 2. The largest absolute Gasteiger partial charge is 0.321 e. The first kappa shape index (κ1) is 13.1. The quantitative estimate of drug-likeness (QED) is 0.677. The maximum absolute atomic E-state index is 14.3. The first-order chi connectivity index (χ1) is 10.1. The van der Waals surface area contributed by atoms with E-state index in [-0.39, 0.29) is 16.9 Å². The van der Waals surface area contributed by atoms with Crippen LogP contribution in [-0.2, 0) is 0 Å². The minimum atomic E-state index is -0.387.